The lowest BCUT2D eigenvalue weighted by atomic mass is 10.2. The first-order valence-electron chi connectivity index (χ1n) is 6.07. The Morgan fingerprint density at radius 3 is 2.86 bits per heavy atom. The second kappa shape index (κ2) is 4.34. The SMILES string of the molecule is O=c1[nH]c2cc(Br)cc(-c3nc(C4CC4(Cl)Cl)no3)c2[nH]1. The second-order valence-corrected chi connectivity index (χ2v) is 7.39. The van der Waals surface area contributed by atoms with E-state index in [0.29, 0.717) is 34.7 Å². The lowest BCUT2D eigenvalue weighted by Crippen LogP contribution is -1.99. The third-order valence-electron chi connectivity index (χ3n) is 3.40. The van der Waals surface area contributed by atoms with Crippen LogP contribution in [0.15, 0.2) is 25.9 Å². The molecule has 0 bridgehead atoms. The topological polar surface area (TPSA) is 87.6 Å². The van der Waals surface area contributed by atoms with E-state index in [1.807, 2.05) is 0 Å². The summed E-state index contributed by atoms with van der Waals surface area (Å²) in [6.07, 6.45) is 0.601. The summed E-state index contributed by atoms with van der Waals surface area (Å²) in [6, 6.07) is 3.59. The van der Waals surface area contributed by atoms with E-state index in [9.17, 15) is 4.79 Å². The van der Waals surface area contributed by atoms with Gasteiger partial charge in [0.05, 0.1) is 22.5 Å². The highest BCUT2D eigenvalue weighted by Crippen LogP contribution is 2.58. The molecule has 0 amide bonds. The van der Waals surface area contributed by atoms with Crippen LogP contribution in [0.4, 0.5) is 0 Å². The van der Waals surface area contributed by atoms with E-state index in [1.165, 1.54) is 0 Å². The van der Waals surface area contributed by atoms with Crippen molar-refractivity contribution >= 4 is 50.2 Å². The number of benzene rings is 1. The maximum Gasteiger partial charge on any atom is 0.323 e. The van der Waals surface area contributed by atoms with E-state index in [-0.39, 0.29) is 11.6 Å². The van der Waals surface area contributed by atoms with Gasteiger partial charge in [0.1, 0.15) is 4.33 Å². The van der Waals surface area contributed by atoms with Gasteiger partial charge >= 0.3 is 5.69 Å². The van der Waals surface area contributed by atoms with Crippen molar-refractivity contribution in [2.75, 3.05) is 0 Å². The molecule has 1 atom stereocenters. The molecule has 0 spiro atoms. The molecule has 1 aliphatic carbocycles. The summed E-state index contributed by atoms with van der Waals surface area (Å²) in [5.41, 5.74) is 1.59. The second-order valence-electron chi connectivity index (χ2n) is 4.93. The Labute approximate surface area is 136 Å². The summed E-state index contributed by atoms with van der Waals surface area (Å²) < 4.78 is 5.26. The van der Waals surface area contributed by atoms with Crippen LogP contribution in [0.25, 0.3) is 22.5 Å². The zero-order valence-corrected chi connectivity index (χ0v) is 13.4. The Kier molecular flexibility index (Phi) is 2.76. The number of aromatic amines is 2. The first kappa shape index (κ1) is 13.4. The number of hydrogen-bond acceptors (Lipinski definition) is 4. The van der Waals surface area contributed by atoms with Crippen LogP contribution in [0, 0.1) is 0 Å². The van der Waals surface area contributed by atoms with Crippen molar-refractivity contribution < 1.29 is 4.52 Å². The molecule has 1 saturated carbocycles. The summed E-state index contributed by atoms with van der Waals surface area (Å²) in [5.74, 6) is 0.662. The summed E-state index contributed by atoms with van der Waals surface area (Å²) in [7, 11) is 0. The highest BCUT2D eigenvalue weighted by atomic mass is 79.9. The third-order valence-corrected chi connectivity index (χ3v) is 4.69. The van der Waals surface area contributed by atoms with Crippen molar-refractivity contribution in [1.82, 2.24) is 20.1 Å². The van der Waals surface area contributed by atoms with Crippen LogP contribution >= 0.6 is 39.1 Å². The van der Waals surface area contributed by atoms with Crippen LogP contribution < -0.4 is 5.69 Å². The van der Waals surface area contributed by atoms with Crippen LogP contribution in [0.1, 0.15) is 18.2 Å². The summed E-state index contributed by atoms with van der Waals surface area (Å²) in [5, 5.41) is 3.92. The van der Waals surface area contributed by atoms with Crippen LogP contribution in [0.2, 0.25) is 0 Å². The molecular formula is C12H7BrCl2N4O2. The van der Waals surface area contributed by atoms with Crippen LogP contribution in [0.3, 0.4) is 0 Å². The number of H-pyrrole nitrogens is 2. The smallest absolute Gasteiger partial charge is 0.323 e. The van der Waals surface area contributed by atoms with E-state index in [0.717, 1.165) is 4.47 Å². The zero-order valence-electron chi connectivity index (χ0n) is 10.3. The minimum atomic E-state index is -0.809. The highest BCUT2D eigenvalue weighted by Gasteiger charge is 2.55. The largest absolute Gasteiger partial charge is 0.334 e. The fraction of sp³-hybridized carbons (Fsp3) is 0.250. The molecule has 3 aromatic rings. The molecule has 0 saturated heterocycles. The summed E-state index contributed by atoms with van der Waals surface area (Å²) >= 11 is 15.4. The normalized spacial score (nSPS) is 20.0. The van der Waals surface area contributed by atoms with E-state index in [2.05, 4.69) is 36.0 Å². The van der Waals surface area contributed by atoms with Crippen LogP contribution in [0.5, 0.6) is 0 Å². The molecule has 0 aliphatic heterocycles. The molecule has 1 fully saturated rings. The van der Waals surface area contributed by atoms with Crippen molar-refractivity contribution in [2.24, 2.45) is 0 Å². The Balaban J connectivity index is 1.85. The lowest BCUT2D eigenvalue weighted by molar-refractivity contribution is 0.423. The maximum atomic E-state index is 11.5. The fourth-order valence-corrected chi connectivity index (χ4v) is 3.22. The predicted octanol–water partition coefficient (Wildman–Crippen LogP) is 3.33. The third kappa shape index (κ3) is 2.20. The van der Waals surface area contributed by atoms with E-state index in [1.54, 1.807) is 12.1 Å². The molecule has 2 heterocycles. The average molecular weight is 390 g/mol. The van der Waals surface area contributed by atoms with Crippen molar-refractivity contribution in [2.45, 2.75) is 16.7 Å². The number of fused-ring (bicyclic) bond motifs is 1. The monoisotopic (exact) mass is 388 g/mol. The van der Waals surface area contributed by atoms with Gasteiger partial charge in [-0.25, -0.2) is 4.79 Å². The number of halogens is 3. The molecule has 9 heteroatoms. The summed E-state index contributed by atoms with van der Waals surface area (Å²) in [6.45, 7) is 0. The van der Waals surface area contributed by atoms with Gasteiger partial charge in [-0.05, 0) is 18.6 Å². The Bertz CT molecular complexity index is 914. The average Bonchev–Trinajstić information content (AvgIpc) is 2.82. The van der Waals surface area contributed by atoms with Gasteiger partial charge in [-0.3, -0.25) is 0 Å². The van der Waals surface area contributed by atoms with Gasteiger partial charge < -0.3 is 14.5 Å². The first-order chi connectivity index (χ1) is 9.94. The fourth-order valence-electron chi connectivity index (χ4n) is 2.26. The van der Waals surface area contributed by atoms with E-state index < -0.39 is 4.33 Å². The van der Waals surface area contributed by atoms with Gasteiger partial charge in [0, 0.05) is 4.47 Å². The number of hydrogen-bond donors (Lipinski definition) is 2. The molecule has 2 N–H and O–H groups in total. The maximum absolute atomic E-state index is 11.5. The van der Waals surface area contributed by atoms with Crippen molar-refractivity contribution in [3.63, 3.8) is 0 Å². The number of nitrogens with zero attached hydrogens (tertiary/aromatic N) is 2. The van der Waals surface area contributed by atoms with Crippen LogP contribution in [-0.2, 0) is 0 Å². The van der Waals surface area contributed by atoms with Crippen molar-refractivity contribution in [1.29, 1.82) is 0 Å². The van der Waals surface area contributed by atoms with Crippen molar-refractivity contribution in [3.05, 3.63) is 32.9 Å². The van der Waals surface area contributed by atoms with E-state index >= 15 is 0 Å². The molecule has 108 valence electrons. The number of rotatable bonds is 2. The van der Waals surface area contributed by atoms with Gasteiger partial charge in [0.15, 0.2) is 5.82 Å². The molecule has 2 aromatic heterocycles. The van der Waals surface area contributed by atoms with Gasteiger partial charge in [-0.15, -0.1) is 23.2 Å². The van der Waals surface area contributed by atoms with E-state index in [4.69, 9.17) is 27.7 Å². The Morgan fingerprint density at radius 1 is 1.38 bits per heavy atom. The first-order valence-corrected chi connectivity index (χ1v) is 7.62. The zero-order chi connectivity index (χ0) is 14.8. The molecule has 1 unspecified atom stereocenters. The number of aromatic nitrogens is 4. The molecule has 21 heavy (non-hydrogen) atoms. The molecule has 1 aromatic carbocycles. The quantitative estimate of drug-likeness (QED) is 0.658. The molecule has 1 aliphatic rings. The van der Waals surface area contributed by atoms with Gasteiger partial charge in [0.25, 0.3) is 5.89 Å². The number of nitrogens with one attached hydrogen (secondary N) is 2. The molecule has 0 radical (unpaired) electrons. The van der Waals surface area contributed by atoms with Crippen molar-refractivity contribution in [3.8, 4) is 11.5 Å². The molecule has 6 nitrogen and oxygen atoms in total. The predicted molar refractivity (Wildman–Crippen MR) is 81.7 cm³/mol. The van der Waals surface area contributed by atoms with Crippen LogP contribution in [-0.4, -0.2) is 24.4 Å². The number of imidazole rings is 1. The molecular weight excluding hydrogens is 383 g/mol. The van der Waals surface area contributed by atoms with Gasteiger partial charge in [-0.2, -0.15) is 4.98 Å². The highest BCUT2D eigenvalue weighted by molar-refractivity contribution is 9.10. The standard InChI is InChI=1S/C12H7BrCl2N4O2/c13-4-1-5(8-7(2-4)16-11(20)17-8)10-18-9(19-21-10)6-3-12(6,14)15/h1-2,6H,3H2,(H2,16,17,20). The Hall–Kier alpha value is -1.31. The van der Waals surface area contributed by atoms with Gasteiger partial charge in [0.2, 0.25) is 0 Å². The minimum Gasteiger partial charge on any atom is -0.334 e. The number of alkyl halides is 2. The minimum absolute atomic E-state index is 0.119. The lowest BCUT2D eigenvalue weighted by Gasteiger charge is -1.98. The van der Waals surface area contributed by atoms with Gasteiger partial charge in [-0.1, -0.05) is 21.1 Å². The molecule has 4 rings (SSSR count). The summed E-state index contributed by atoms with van der Waals surface area (Å²) in [4.78, 5) is 21.2. The Morgan fingerprint density at radius 2 is 2.14 bits per heavy atom.